The lowest BCUT2D eigenvalue weighted by molar-refractivity contribution is 0.304. The van der Waals surface area contributed by atoms with E-state index in [1.54, 1.807) is 6.20 Å². The third-order valence-electron chi connectivity index (χ3n) is 4.15. The first kappa shape index (κ1) is 18.6. The van der Waals surface area contributed by atoms with Crippen LogP contribution in [0.25, 0.3) is 0 Å². The first-order valence-electron chi connectivity index (χ1n) is 9.25. The summed E-state index contributed by atoms with van der Waals surface area (Å²) in [6.45, 7) is 1.76. The molecule has 0 saturated carbocycles. The molecule has 0 aliphatic rings. The van der Waals surface area contributed by atoms with Crippen molar-refractivity contribution in [3.8, 4) is 5.75 Å². The maximum Gasteiger partial charge on any atom is 0.150 e. The lowest BCUT2D eigenvalue weighted by atomic mass is 10.2. The number of amidine groups is 1. The van der Waals surface area contributed by atoms with Crippen LogP contribution in [-0.4, -0.2) is 27.0 Å². The van der Waals surface area contributed by atoms with Gasteiger partial charge in [0.15, 0.2) is 0 Å². The summed E-state index contributed by atoms with van der Waals surface area (Å²) in [4.78, 5) is 12.6. The van der Waals surface area contributed by atoms with Crippen molar-refractivity contribution >= 4 is 11.5 Å². The monoisotopic (exact) mass is 363 g/mol. The van der Waals surface area contributed by atoms with Crippen LogP contribution in [0.1, 0.15) is 31.4 Å². The van der Waals surface area contributed by atoms with Crippen molar-refractivity contribution in [3.63, 3.8) is 0 Å². The summed E-state index contributed by atoms with van der Waals surface area (Å²) in [5.74, 6) is 1.25. The number of hydrogen-bond donors (Lipinski definition) is 1. The highest BCUT2D eigenvalue weighted by atomic mass is 16.5. The lowest BCUT2D eigenvalue weighted by Gasteiger charge is -2.07. The van der Waals surface area contributed by atoms with Crippen LogP contribution in [0.5, 0.6) is 5.75 Å². The van der Waals surface area contributed by atoms with Crippen molar-refractivity contribution < 1.29 is 4.74 Å². The number of unbranched alkanes of at least 4 members (excludes halogenated alkanes) is 3. The summed E-state index contributed by atoms with van der Waals surface area (Å²) in [7, 11) is 0. The summed E-state index contributed by atoms with van der Waals surface area (Å²) in [5.41, 5.74) is 7.44. The van der Waals surface area contributed by atoms with Crippen molar-refractivity contribution in [2.45, 2.75) is 32.2 Å². The Balaban J connectivity index is 1.35. The number of ether oxygens (including phenoxy) is 1. The SMILES string of the molecule is NC(=Nc1ccc(OCCCCCCn2ccnc2)cc1)c1ccccn1. The van der Waals surface area contributed by atoms with E-state index in [1.165, 1.54) is 12.8 Å². The number of aryl methyl sites for hydroxylation is 1. The smallest absolute Gasteiger partial charge is 0.150 e. The Morgan fingerprint density at radius 3 is 2.59 bits per heavy atom. The second-order valence-electron chi connectivity index (χ2n) is 6.27. The fourth-order valence-corrected chi connectivity index (χ4v) is 2.69. The van der Waals surface area contributed by atoms with Gasteiger partial charge in [-0.25, -0.2) is 9.98 Å². The van der Waals surface area contributed by atoms with E-state index in [2.05, 4.69) is 19.5 Å². The van der Waals surface area contributed by atoms with Crippen LogP contribution in [0.3, 0.4) is 0 Å². The van der Waals surface area contributed by atoms with Crippen molar-refractivity contribution in [2.24, 2.45) is 10.7 Å². The van der Waals surface area contributed by atoms with Gasteiger partial charge in [-0.15, -0.1) is 0 Å². The van der Waals surface area contributed by atoms with Gasteiger partial charge in [-0.05, 0) is 49.2 Å². The van der Waals surface area contributed by atoms with Crippen LogP contribution in [0, 0.1) is 0 Å². The van der Waals surface area contributed by atoms with Gasteiger partial charge in [0.05, 0.1) is 18.6 Å². The molecule has 3 rings (SSSR count). The van der Waals surface area contributed by atoms with E-state index in [4.69, 9.17) is 10.5 Å². The average Bonchev–Trinajstić information content (AvgIpc) is 3.23. The number of rotatable bonds is 10. The summed E-state index contributed by atoms with van der Waals surface area (Å²) in [6, 6.07) is 13.2. The third-order valence-corrected chi connectivity index (χ3v) is 4.15. The fourth-order valence-electron chi connectivity index (χ4n) is 2.69. The summed E-state index contributed by atoms with van der Waals surface area (Å²) < 4.78 is 7.91. The molecule has 0 saturated heterocycles. The number of nitrogens with zero attached hydrogens (tertiary/aromatic N) is 4. The molecule has 0 atom stereocenters. The van der Waals surface area contributed by atoms with E-state index in [1.807, 2.05) is 61.2 Å². The van der Waals surface area contributed by atoms with E-state index >= 15 is 0 Å². The molecule has 2 heterocycles. The molecule has 6 nitrogen and oxygen atoms in total. The summed E-state index contributed by atoms with van der Waals surface area (Å²) in [5, 5.41) is 0. The van der Waals surface area contributed by atoms with Gasteiger partial charge in [-0.1, -0.05) is 18.9 Å². The zero-order valence-electron chi connectivity index (χ0n) is 15.4. The number of benzene rings is 1. The molecule has 0 bridgehead atoms. The highest BCUT2D eigenvalue weighted by Crippen LogP contribution is 2.19. The van der Waals surface area contributed by atoms with E-state index < -0.39 is 0 Å². The Morgan fingerprint density at radius 2 is 1.85 bits per heavy atom. The minimum Gasteiger partial charge on any atom is -0.494 e. The second-order valence-corrected chi connectivity index (χ2v) is 6.27. The Kier molecular flexibility index (Phi) is 6.98. The predicted molar refractivity (Wildman–Crippen MR) is 107 cm³/mol. The molecule has 0 spiro atoms. The molecule has 27 heavy (non-hydrogen) atoms. The van der Waals surface area contributed by atoms with Gasteiger partial charge in [-0.2, -0.15) is 0 Å². The van der Waals surface area contributed by atoms with Gasteiger partial charge in [0.25, 0.3) is 0 Å². The Morgan fingerprint density at radius 1 is 1.00 bits per heavy atom. The molecular formula is C21H25N5O. The molecule has 140 valence electrons. The molecule has 2 N–H and O–H groups in total. The molecule has 0 radical (unpaired) electrons. The first-order chi connectivity index (χ1) is 13.3. The molecule has 0 fully saturated rings. The van der Waals surface area contributed by atoms with Gasteiger partial charge < -0.3 is 15.0 Å². The van der Waals surface area contributed by atoms with Gasteiger partial charge >= 0.3 is 0 Å². The maximum absolute atomic E-state index is 5.99. The maximum atomic E-state index is 5.99. The molecule has 2 aromatic heterocycles. The Hall–Kier alpha value is -3.15. The van der Waals surface area contributed by atoms with Gasteiger partial charge in [0.1, 0.15) is 17.3 Å². The molecule has 0 unspecified atom stereocenters. The molecule has 3 aromatic rings. The number of nitrogens with two attached hydrogens (primary N) is 1. The Labute approximate surface area is 159 Å². The zero-order valence-corrected chi connectivity index (χ0v) is 15.4. The van der Waals surface area contributed by atoms with E-state index in [-0.39, 0.29) is 0 Å². The van der Waals surface area contributed by atoms with Crippen molar-refractivity contribution in [2.75, 3.05) is 6.61 Å². The number of aromatic nitrogens is 3. The lowest BCUT2D eigenvalue weighted by Crippen LogP contribution is -2.14. The molecule has 6 heteroatoms. The van der Waals surface area contributed by atoms with Crippen LogP contribution in [0.2, 0.25) is 0 Å². The van der Waals surface area contributed by atoms with Gasteiger partial charge in [0.2, 0.25) is 0 Å². The van der Waals surface area contributed by atoms with Crippen LogP contribution < -0.4 is 10.5 Å². The van der Waals surface area contributed by atoms with Crippen molar-refractivity contribution in [1.82, 2.24) is 14.5 Å². The van der Waals surface area contributed by atoms with Gasteiger partial charge in [0, 0.05) is 25.1 Å². The molecule has 0 aliphatic carbocycles. The predicted octanol–water partition coefficient (Wildman–Crippen LogP) is 3.95. The van der Waals surface area contributed by atoms with E-state index in [0.717, 1.165) is 37.4 Å². The van der Waals surface area contributed by atoms with Crippen molar-refractivity contribution in [1.29, 1.82) is 0 Å². The van der Waals surface area contributed by atoms with Gasteiger partial charge in [-0.3, -0.25) is 4.98 Å². The minimum absolute atomic E-state index is 0.403. The second kappa shape index (κ2) is 10.1. The van der Waals surface area contributed by atoms with Crippen LogP contribution >= 0.6 is 0 Å². The third kappa shape index (κ3) is 6.26. The summed E-state index contributed by atoms with van der Waals surface area (Å²) in [6.07, 6.45) is 12.0. The highest BCUT2D eigenvalue weighted by molar-refractivity contribution is 5.97. The van der Waals surface area contributed by atoms with Crippen LogP contribution in [-0.2, 0) is 6.54 Å². The average molecular weight is 363 g/mol. The zero-order chi connectivity index (χ0) is 18.7. The first-order valence-corrected chi connectivity index (χ1v) is 9.25. The molecule has 0 amide bonds. The van der Waals surface area contributed by atoms with Crippen molar-refractivity contribution in [3.05, 3.63) is 73.1 Å². The standard InChI is InChI=1S/C21H25N5O/c22-21(20-7-3-4-12-24-20)25-18-8-10-19(11-9-18)27-16-6-2-1-5-14-26-15-13-23-17-26/h3-4,7-13,15,17H,1-2,5-6,14,16H2,(H2,22,25). The quantitative estimate of drug-likeness (QED) is 0.336. The molecule has 0 aliphatic heterocycles. The number of hydrogen-bond acceptors (Lipinski definition) is 4. The van der Waals surface area contributed by atoms with Crippen LogP contribution in [0.4, 0.5) is 5.69 Å². The normalized spacial score (nSPS) is 11.5. The van der Waals surface area contributed by atoms with E-state index in [9.17, 15) is 0 Å². The Bertz CT molecular complexity index is 814. The molecule has 1 aromatic carbocycles. The minimum atomic E-state index is 0.403. The number of imidazole rings is 1. The topological polar surface area (TPSA) is 78.3 Å². The number of aliphatic imine (C=N–C) groups is 1. The molecular weight excluding hydrogens is 338 g/mol. The highest BCUT2D eigenvalue weighted by Gasteiger charge is 2.00. The van der Waals surface area contributed by atoms with Crippen LogP contribution in [0.15, 0.2) is 72.4 Å². The largest absolute Gasteiger partial charge is 0.494 e. The summed E-state index contributed by atoms with van der Waals surface area (Å²) >= 11 is 0. The number of pyridine rings is 1. The van der Waals surface area contributed by atoms with E-state index in [0.29, 0.717) is 11.5 Å². The fraction of sp³-hybridized carbons (Fsp3) is 0.286.